The summed E-state index contributed by atoms with van der Waals surface area (Å²) < 4.78 is 13.8. The maximum absolute atomic E-state index is 13.8. The number of aliphatic hydroxyl groups is 1. The summed E-state index contributed by atoms with van der Waals surface area (Å²) in [5.41, 5.74) is 1.76. The molecule has 0 bridgehead atoms. The molecule has 1 aliphatic rings. The van der Waals surface area contributed by atoms with E-state index >= 15 is 0 Å². The molecular formula is C17H21FN2O. The van der Waals surface area contributed by atoms with E-state index in [1.165, 1.54) is 6.07 Å². The van der Waals surface area contributed by atoms with Crippen molar-refractivity contribution in [2.24, 2.45) is 0 Å². The van der Waals surface area contributed by atoms with E-state index in [1.807, 2.05) is 19.1 Å². The minimum absolute atomic E-state index is 0.153. The third kappa shape index (κ3) is 3.06. The van der Waals surface area contributed by atoms with Gasteiger partial charge in [0.15, 0.2) is 0 Å². The van der Waals surface area contributed by atoms with Gasteiger partial charge < -0.3 is 5.11 Å². The summed E-state index contributed by atoms with van der Waals surface area (Å²) in [5, 5.41) is 10.8. The summed E-state index contributed by atoms with van der Waals surface area (Å²) >= 11 is 0. The lowest BCUT2D eigenvalue weighted by molar-refractivity contribution is 0.0318. The lowest BCUT2D eigenvalue weighted by Crippen LogP contribution is -2.45. The summed E-state index contributed by atoms with van der Waals surface area (Å²) in [6.45, 7) is 3.42. The molecule has 1 aliphatic heterocycles. The quantitative estimate of drug-likeness (QED) is 0.942. The smallest absolute Gasteiger partial charge is 0.124 e. The standard InChI is InChI=1S/C17H21FN2O/c1-12(21)16-6-2-3-8-20(16)11-14-10-15(18)9-13-5-4-7-19-17(13)14/h4-5,7,9-10,12,16,21H,2-3,6,8,11H2,1H3. The number of benzene rings is 1. The average molecular weight is 288 g/mol. The third-order valence-corrected chi connectivity index (χ3v) is 4.34. The number of piperidine rings is 1. The average Bonchev–Trinajstić information content (AvgIpc) is 2.47. The molecule has 2 heterocycles. The number of likely N-dealkylation sites (tertiary alicyclic amines) is 1. The molecule has 2 atom stereocenters. The van der Waals surface area contributed by atoms with Crippen molar-refractivity contribution >= 4 is 10.9 Å². The summed E-state index contributed by atoms with van der Waals surface area (Å²) in [6.07, 6.45) is 4.65. The second-order valence-corrected chi connectivity index (χ2v) is 5.91. The van der Waals surface area contributed by atoms with E-state index in [0.29, 0.717) is 6.54 Å². The van der Waals surface area contributed by atoms with E-state index in [4.69, 9.17) is 0 Å². The molecule has 0 radical (unpaired) electrons. The monoisotopic (exact) mass is 288 g/mol. The number of hydrogen-bond donors (Lipinski definition) is 1. The van der Waals surface area contributed by atoms with Crippen molar-refractivity contribution in [2.75, 3.05) is 6.54 Å². The Morgan fingerprint density at radius 1 is 1.43 bits per heavy atom. The Bertz CT molecular complexity index is 629. The Morgan fingerprint density at radius 3 is 3.10 bits per heavy atom. The Hall–Kier alpha value is -1.52. The van der Waals surface area contributed by atoms with Crippen LogP contribution in [0.2, 0.25) is 0 Å². The molecule has 1 fully saturated rings. The molecule has 2 unspecified atom stereocenters. The van der Waals surface area contributed by atoms with Gasteiger partial charge in [0, 0.05) is 24.2 Å². The molecule has 0 aliphatic carbocycles. The van der Waals surface area contributed by atoms with Crippen LogP contribution in [-0.4, -0.2) is 33.7 Å². The lowest BCUT2D eigenvalue weighted by Gasteiger charge is -2.37. The summed E-state index contributed by atoms with van der Waals surface area (Å²) in [5.74, 6) is -0.226. The van der Waals surface area contributed by atoms with E-state index in [1.54, 1.807) is 12.3 Å². The first-order valence-electron chi connectivity index (χ1n) is 7.60. The Labute approximate surface area is 124 Å². The Balaban J connectivity index is 1.93. The van der Waals surface area contributed by atoms with Crippen LogP contribution in [0.3, 0.4) is 0 Å². The number of rotatable bonds is 3. The first-order valence-corrected chi connectivity index (χ1v) is 7.60. The minimum Gasteiger partial charge on any atom is -0.392 e. The van der Waals surface area contributed by atoms with Gasteiger partial charge in [-0.2, -0.15) is 0 Å². The molecule has 1 aromatic heterocycles. The normalized spacial score (nSPS) is 21.6. The van der Waals surface area contributed by atoms with Crippen molar-refractivity contribution in [3.63, 3.8) is 0 Å². The van der Waals surface area contributed by atoms with E-state index in [2.05, 4.69) is 9.88 Å². The number of aliphatic hydroxyl groups excluding tert-OH is 1. The van der Waals surface area contributed by atoms with Crippen LogP contribution in [0.5, 0.6) is 0 Å². The van der Waals surface area contributed by atoms with E-state index < -0.39 is 0 Å². The van der Waals surface area contributed by atoms with E-state index in [0.717, 1.165) is 42.3 Å². The van der Waals surface area contributed by atoms with Crippen LogP contribution in [0.15, 0.2) is 30.5 Å². The van der Waals surface area contributed by atoms with Crippen LogP contribution in [0.1, 0.15) is 31.7 Å². The SMILES string of the molecule is CC(O)C1CCCCN1Cc1cc(F)cc2cccnc12. The number of hydrogen-bond acceptors (Lipinski definition) is 3. The second-order valence-electron chi connectivity index (χ2n) is 5.91. The first kappa shape index (κ1) is 14.4. The van der Waals surface area contributed by atoms with Crippen molar-refractivity contribution < 1.29 is 9.50 Å². The summed E-state index contributed by atoms with van der Waals surface area (Å²) in [7, 11) is 0. The van der Waals surface area contributed by atoms with Crippen LogP contribution < -0.4 is 0 Å². The predicted octanol–water partition coefficient (Wildman–Crippen LogP) is 3.11. The molecule has 0 saturated carbocycles. The zero-order valence-electron chi connectivity index (χ0n) is 12.3. The molecule has 3 rings (SSSR count). The number of aromatic nitrogens is 1. The number of pyridine rings is 1. The van der Waals surface area contributed by atoms with Crippen molar-refractivity contribution in [3.8, 4) is 0 Å². The van der Waals surface area contributed by atoms with Gasteiger partial charge in [-0.25, -0.2) is 4.39 Å². The molecule has 112 valence electrons. The predicted molar refractivity (Wildman–Crippen MR) is 81.4 cm³/mol. The van der Waals surface area contributed by atoms with Crippen molar-refractivity contribution in [1.82, 2.24) is 9.88 Å². The highest BCUT2D eigenvalue weighted by Crippen LogP contribution is 2.25. The van der Waals surface area contributed by atoms with Gasteiger partial charge >= 0.3 is 0 Å². The number of fused-ring (bicyclic) bond motifs is 1. The highest BCUT2D eigenvalue weighted by atomic mass is 19.1. The minimum atomic E-state index is -0.363. The van der Waals surface area contributed by atoms with Crippen molar-refractivity contribution in [3.05, 3.63) is 41.8 Å². The van der Waals surface area contributed by atoms with Gasteiger partial charge in [-0.15, -0.1) is 0 Å². The topological polar surface area (TPSA) is 36.4 Å². The molecular weight excluding hydrogens is 267 g/mol. The maximum Gasteiger partial charge on any atom is 0.124 e. The van der Waals surface area contributed by atoms with Crippen molar-refractivity contribution in [1.29, 1.82) is 0 Å². The first-order chi connectivity index (χ1) is 10.1. The lowest BCUT2D eigenvalue weighted by atomic mass is 9.97. The largest absolute Gasteiger partial charge is 0.392 e. The highest BCUT2D eigenvalue weighted by molar-refractivity contribution is 5.81. The van der Waals surface area contributed by atoms with E-state index in [-0.39, 0.29) is 18.0 Å². The van der Waals surface area contributed by atoms with Gasteiger partial charge in [0.05, 0.1) is 11.6 Å². The molecule has 4 heteroatoms. The fourth-order valence-corrected chi connectivity index (χ4v) is 3.33. The highest BCUT2D eigenvalue weighted by Gasteiger charge is 2.26. The van der Waals surface area contributed by atoms with E-state index in [9.17, 15) is 9.50 Å². The van der Waals surface area contributed by atoms with Gasteiger partial charge in [-0.05, 0) is 50.1 Å². The molecule has 1 aromatic carbocycles. The maximum atomic E-state index is 13.8. The fraction of sp³-hybridized carbons (Fsp3) is 0.471. The zero-order valence-corrected chi connectivity index (χ0v) is 12.3. The summed E-state index contributed by atoms with van der Waals surface area (Å²) in [6, 6.07) is 6.96. The van der Waals surface area contributed by atoms with Crippen LogP contribution in [0.4, 0.5) is 4.39 Å². The summed E-state index contributed by atoms with van der Waals surface area (Å²) in [4.78, 5) is 6.66. The fourth-order valence-electron chi connectivity index (χ4n) is 3.33. The van der Waals surface area contributed by atoms with Gasteiger partial charge in [-0.3, -0.25) is 9.88 Å². The van der Waals surface area contributed by atoms with Crippen LogP contribution in [0, 0.1) is 5.82 Å². The molecule has 1 saturated heterocycles. The van der Waals surface area contributed by atoms with Gasteiger partial charge in [0.25, 0.3) is 0 Å². The van der Waals surface area contributed by atoms with Gasteiger partial charge in [0.1, 0.15) is 5.82 Å². The zero-order chi connectivity index (χ0) is 14.8. The van der Waals surface area contributed by atoms with Crippen LogP contribution >= 0.6 is 0 Å². The Kier molecular flexibility index (Phi) is 4.17. The second kappa shape index (κ2) is 6.08. The molecule has 0 amide bonds. The third-order valence-electron chi connectivity index (χ3n) is 4.34. The molecule has 21 heavy (non-hydrogen) atoms. The molecule has 1 N–H and O–H groups in total. The van der Waals surface area contributed by atoms with Gasteiger partial charge in [-0.1, -0.05) is 12.5 Å². The van der Waals surface area contributed by atoms with Gasteiger partial charge in [0.2, 0.25) is 0 Å². The van der Waals surface area contributed by atoms with Crippen LogP contribution in [0.25, 0.3) is 10.9 Å². The molecule has 2 aromatic rings. The Morgan fingerprint density at radius 2 is 2.29 bits per heavy atom. The number of nitrogens with zero attached hydrogens (tertiary/aromatic N) is 2. The molecule has 0 spiro atoms. The van der Waals surface area contributed by atoms with Crippen LogP contribution in [-0.2, 0) is 6.54 Å². The van der Waals surface area contributed by atoms with Crippen molar-refractivity contribution in [2.45, 2.75) is 44.9 Å². The molecule has 3 nitrogen and oxygen atoms in total. The number of halogens is 1.